The van der Waals surface area contributed by atoms with Crippen LogP contribution in [0.2, 0.25) is 0 Å². The molecule has 1 N–H and O–H groups in total. The molecule has 0 fully saturated rings. The molecule has 0 spiro atoms. The highest BCUT2D eigenvalue weighted by molar-refractivity contribution is 8.02. The number of pyridine rings is 1. The standard InChI is InChI=1S/C19H21N3O3S/c1-3-24-8-9-25-19(23)16(11-20)18(26-2)22-13-14-10-15-6-4-5-7-17(15)21-12-14/h4-7,10,12,22H,3,8-9,13H2,1-2H3/b18-16+. The van der Waals surface area contributed by atoms with E-state index in [-0.39, 0.29) is 12.2 Å². The highest BCUT2D eigenvalue weighted by Crippen LogP contribution is 2.17. The number of fused-ring (bicyclic) bond motifs is 1. The molecule has 136 valence electrons. The molecule has 0 unspecified atom stereocenters. The number of nitriles is 1. The van der Waals surface area contributed by atoms with Crippen molar-refractivity contribution in [3.05, 3.63) is 52.7 Å². The number of nitrogens with zero attached hydrogens (tertiary/aromatic N) is 2. The van der Waals surface area contributed by atoms with E-state index in [4.69, 9.17) is 9.47 Å². The predicted molar refractivity (Wildman–Crippen MR) is 102 cm³/mol. The molecule has 0 atom stereocenters. The van der Waals surface area contributed by atoms with Crippen LogP contribution in [-0.4, -0.2) is 37.0 Å². The van der Waals surface area contributed by atoms with E-state index in [2.05, 4.69) is 10.3 Å². The van der Waals surface area contributed by atoms with E-state index in [0.717, 1.165) is 16.5 Å². The summed E-state index contributed by atoms with van der Waals surface area (Å²) in [6, 6.07) is 11.8. The Morgan fingerprint density at radius 3 is 2.88 bits per heavy atom. The number of rotatable bonds is 9. The van der Waals surface area contributed by atoms with E-state index in [1.165, 1.54) is 11.8 Å². The summed E-state index contributed by atoms with van der Waals surface area (Å²) in [7, 11) is 0. The quantitative estimate of drug-likeness (QED) is 0.314. The zero-order valence-corrected chi connectivity index (χ0v) is 15.6. The Bertz CT molecular complexity index is 830. The lowest BCUT2D eigenvalue weighted by Gasteiger charge is -2.11. The van der Waals surface area contributed by atoms with Crippen molar-refractivity contribution >= 4 is 28.6 Å². The van der Waals surface area contributed by atoms with Gasteiger partial charge in [0.2, 0.25) is 0 Å². The monoisotopic (exact) mass is 371 g/mol. The maximum atomic E-state index is 12.1. The van der Waals surface area contributed by atoms with Crippen molar-refractivity contribution in [3.8, 4) is 6.07 Å². The number of thioether (sulfide) groups is 1. The van der Waals surface area contributed by atoms with Crippen LogP contribution in [0.3, 0.4) is 0 Å². The summed E-state index contributed by atoms with van der Waals surface area (Å²) >= 11 is 1.29. The molecule has 0 saturated carbocycles. The Hall–Kier alpha value is -2.56. The molecule has 0 bridgehead atoms. The first kappa shape index (κ1) is 19.8. The molecule has 26 heavy (non-hydrogen) atoms. The summed E-state index contributed by atoms with van der Waals surface area (Å²) in [5.41, 5.74) is 1.84. The van der Waals surface area contributed by atoms with Crippen molar-refractivity contribution in [2.24, 2.45) is 0 Å². The largest absolute Gasteiger partial charge is 0.459 e. The second-order valence-corrected chi connectivity index (χ2v) is 6.06. The molecule has 7 heteroatoms. The van der Waals surface area contributed by atoms with E-state index in [1.807, 2.05) is 43.3 Å². The van der Waals surface area contributed by atoms with Gasteiger partial charge in [-0.2, -0.15) is 5.26 Å². The second-order valence-electron chi connectivity index (χ2n) is 5.24. The van der Waals surface area contributed by atoms with Gasteiger partial charge in [0.15, 0.2) is 5.57 Å². The van der Waals surface area contributed by atoms with Gasteiger partial charge in [0, 0.05) is 24.7 Å². The summed E-state index contributed by atoms with van der Waals surface area (Å²) in [6.45, 7) is 3.29. The lowest BCUT2D eigenvalue weighted by molar-refractivity contribution is -0.140. The summed E-state index contributed by atoms with van der Waals surface area (Å²) in [4.78, 5) is 16.5. The molecule has 6 nitrogen and oxygen atoms in total. The van der Waals surface area contributed by atoms with Crippen LogP contribution in [0.25, 0.3) is 10.9 Å². The van der Waals surface area contributed by atoms with Gasteiger partial charge in [-0.25, -0.2) is 4.79 Å². The van der Waals surface area contributed by atoms with E-state index < -0.39 is 5.97 Å². The fourth-order valence-corrected chi connectivity index (χ4v) is 2.81. The van der Waals surface area contributed by atoms with Gasteiger partial charge < -0.3 is 14.8 Å². The number of aromatic nitrogens is 1. The fourth-order valence-electron chi connectivity index (χ4n) is 2.26. The molecular weight excluding hydrogens is 350 g/mol. The summed E-state index contributed by atoms with van der Waals surface area (Å²) in [6.07, 6.45) is 3.57. The molecular formula is C19H21N3O3S. The van der Waals surface area contributed by atoms with Gasteiger partial charge in [0.05, 0.1) is 17.2 Å². The minimum atomic E-state index is -0.652. The number of hydrogen-bond acceptors (Lipinski definition) is 7. The normalized spacial score (nSPS) is 11.6. The highest BCUT2D eigenvalue weighted by Gasteiger charge is 2.16. The third-order valence-corrected chi connectivity index (χ3v) is 4.27. The van der Waals surface area contributed by atoms with Gasteiger partial charge in [0.25, 0.3) is 0 Å². The van der Waals surface area contributed by atoms with Crippen LogP contribution in [0.1, 0.15) is 12.5 Å². The van der Waals surface area contributed by atoms with Gasteiger partial charge in [-0.05, 0) is 30.9 Å². The Morgan fingerprint density at radius 2 is 2.15 bits per heavy atom. The van der Waals surface area contributed by atoms with E-state index >= 15 is 0 Å². The number of carbonyl (C=O) groups is 1. The molecule has 0 aliphatic carbocycles. The average molecular weight is 371 g/mol. The third kappa shape index (κ3) is 5.48. The smallest absolute Gasteiger partial charge is 0.351 e. The summed E-state index contributed by atoms with van der Waals surface area (Å²) in [5, 5.41) is 14.0. The molecule has 2 aromatic rings. The SMILES string of the molecule is CCOCCOC(=O)/C(C#N)=C(\NCc1cnc2ccccc2c1)SC. The van der Waals surface area contributed by atoms with E-state index in [1.54, 1.807) is 12.5 Å². The first-order valence-corrected chi connectivity index (χ1v) is 9.42. The molecule has 0 radical (unpaired) electrons. The Balaban J connectivity index is 2.05. The predicted octanol–water partition coefficient (Wildman–Crippen LogP) is 3.00. The van der Waals surface area contributed by atoms with Gasteiger partial charge in [-0.1, -0.05) is 18.2 Å². The van der Waals surface area contributed by atoms with E-state index in [9.17, 15) is 10.1 Å². The van der Waals surface area contributed by atoms with Crippen LogP contribution >= 0.6 is 11.8 Å². The number of nitrogens with one attached hydrogen (secondary N) is 1. The van der Waals surface area contributed by atoms with Gasteiger partial charge in [0.1, 0.15) is 12.7 Å². The first-order chi connectivity index (χ1) is 12.7. The highest BCUT2D eigenvalue weighted by atomic mass is 32.2. The van der Waals surface area contributed by atoms with E-state index in [0.29, 0.717) is 24.8 Å². The molecule has 1 heterocycles. The van der Waals surface area contributed by atoms with Crippen molar-refractivity contribution in [2.75, 3.05) is 26.1 Å². The Morgan fingerprint density at radius 1 is 1.35 bits per heavy atom. The number of hydrogen-bond donors (Lipinski definition) is 1. The van der Waals surface area contributed by atoms with Crippen molar-refractivity contribution in [2.45, 2.75) is 13.5 Å². The Kier molecular flexibility index (Phi) is 7.93. The molecule has 0 aliphatic rings. The molecule has 0 aliphatic heterocycles. The van der Waals surface area contributed by atoms with Crippen LogP contribution < -0.4 is 5.32 Å². The van der Waals surface area contributed by atoms with Crippen LogP contribution in [0.4, 0.5) is 0 Å². The average Bonchev–Trinajstić information content (AvgIpc) is 2.68. The molecule has 1 aromatic carbocycles. The molecule has 0 saturated heterocycles. The minimum absolute atomic E-state index is 0.0391. The number of benzene rings is 1. The Labute approximate surface area is 157 Å². The topological polar surface area (TPSA) is 84.2 Å². The van der Waals surface area contributed by atoms with Crippen LogP contribution in [0.15, 0.2) is 47.1 Å². The zero-order chi connectivity index (χ0) is 18.8. The lowest BCUT2D eigenvalue weighted by Crippen LogP contribution is -2.19. The minimum Gasteiger partial charge on any atom is -0.459 e. The van der Waals surface area contributed by atoms with Crippen molar-refractivity contribution in [1.82, 2.24) is 10.3 Å². The first-order valence-electron chi connectivity index (χ1n) is 8.20. The number of para-hydroxylation sites is 1. The number of ether oxygens (including phenoxy) is 2. The zero-order valence-electron chi connectivity index (χ0n) is 14.8. The summed E-state index contributed by atoms with van der Waals surface area (Å²) < 4.78 is 10.2. The van der Waals surface area contributed by atoms with Crippen molar-refractivity contribution in [3.63, 3.8) is 0 Å². The summed E-state index contributed by atoms with van der Waals surface area (Å²) in [5.74, 6) is -0.652. The molecule has 1 aromatic heterocycles. The van der Waals surface area contributed by atoms with Gasteiger partial charge in [-0.15, -0.1) is 11.8 Å². The number of carbonyl (C=O) groups excluding carboxylic acids is 1. The lowest BCUT2D eigenvalue weighted by atomic mass is 10.1. The van der Waals surface area contributed by atoms with Crippen LogP contribution in [-0.2, 0) is 20.8 Å². The van der Waals surface area contributed by atoms with Gasteiger partial charge in [-0.3, -0.25) is 4.98 Å². The fraction of sp³-hybridized carbons (Fsp3) is 0.316. The molecule has 2 rings (SSSR count). The third-order valence-electron chi connectivity index (χ3n) is 3.51. The maximum absolute atomic E-state index is 12.1. The van der Waals surface area contributed by atoms with Gasteiger partial charge >= 0.3 is 5.97 Å². The van der Waals surface area contributed by atoms with Crippen molar-refractivity contribution < 1.29 is 14.3 Å². The number of esters is 1. The second kappa shape index (κ2) is 10.4. The molecule has 0 amide bonds. The van der Waals surface area contributed by atoms with Crippen LogP contribution in [0.5, 0.6) is 0 Å². The maximum Gasteiger partial charge on any atom is 0.351 e. The van der Waals surface area contributed by atoms with Crippen molar-refractivity contribution in [1.29, 1.82) is 5.26 Å². The van der Waals surface area contributed by atoms with Crippen LogP contribution in [0, 0.1) is 11.3 Å².